The van der Waals surface area contributed by atoms with E-state index in [9.17, 15) is 18.0 Å². The summed E-state index contributed by atoms with van der Waals surface area (Å²) in [5.41, 5.74) is -0.575. The molecule has 0 unspecified atom stereocenters. The molecule has 0 radical (unpaired) electrons. The molecule has 1 aromatic carbocycles. The summed E-state index contributed by atoms with van der Waals surface area (Å²) in [4.78, 5) is 15.5. The highest BCUT2D eigenvalue weighted by atomic mass is 79.9. The molecule has 0 aliphatic rings. The van der Waals surface area contributed by atoms with Crippen LogP contribution in [0.3, 0.4) is 0 Å². The highest BCUT2D eigenvalue weighted by Gasteiger charge is 2.31. The number of ether oxygens (including phenoxy) is 1. The fourth-order valence-electron chi connectivity index (χ4n) is 1.44. The van der Waals surface area contributed by atoms with Crippen LogP contribution in [0.25, 0.3) is 0 Å². The number of nitrogens with zero attached hydrogens (tertiary/aromatic N) is 1. The summed E-state index contributed by atoms with van der Waals surface area (Å²) in [6.07, 6.45) is -3.14. The Morgan fingerprint density at radius 1 is 1.43 bits per heavy atom. The number of esters is 1. The maximum atomic E-state index is 12.7. The van der Waals surface area contributed by atoms with Gasteiger partial charge in [-0.2, -0.15) is 13.2 Å². The van der Waals surface area contributed by atoms with E-state index in [0.717, 1.165) is 23.5 Å². The number of rotatable bonds is 3. The summed E-state index contributed by atoms with van der Waals surface area (Å²) in [5.74, 6) is -0.552. The van der Waals surface area contributed by atoms with Gasteiger partial charge in [0.05, 0.1) is 24.6 Å². The summed E-state index contributed by atoms with van der Waals surface area (Å²) in [6, 6.07) is 3.22. The molecule has 2 rings (SSSR count). The molecular formula is C12H8BrF3N2O2S. The SMILES string of the molecule is COC(=O)c1cnc(Nc2cc(C(F)(F)F)ccc2Br)s1. The van der Waals surface area contributed by atoms with Gasteiger partial charge in [-0.1, -0.05) is 11.3 Å². The third-order valence-corrected chi connectivity index (χ3v) is 4.01. The molecule has 4 nitrogen and oxygen atoms in total. The number of aromatic nitrogens is 1. The van der Waals surface area contributed by atoms with Crippen molar-refractivity contribution in [3.05, 3.63) is 39.3 Å². The number of thiazole rings is 1. The number of carbonyl (C=O) groups excluding carboxylic acids is 1. The molecule has 2 aromatic rings. The lowest BCUT2D eigenvalue weighted by molar-refractivity contribution is -0.137. The Hall–Kier alpha value is -1.61. The molecule has 0 fully saturated rings. The number of nitrogens with one attached hydrogen (secondary N) is 1. The Kier molecular flexibility index (Phi) is 4.52. The van der Waals surface area contributed by atoms with Crippen molar-refractivity contribution in [2.75, 3.05) is 12.4 Å². The lowest BCUT2D eigenvalue weighted by atomic mass is 10.2. The van der Waals surface area contributed by atoms with E-state index in [1.807, 2.05) is 0 Å². The fourth-order valence-corrected chi connectivity index (χ4v) is 2.53. The largest absolute Gasteiger partial charge is 0.465 e. The number of hydrogen-bond acceptors (Lipinski definition) is 5. The van der Waals surface area contributed by atoms with Crippen LogP contribution in [0.1, 0.15) is 15.2 Å². The monoisotopic (exact) mass is 380 g/mol. The number of alkyl halides is 3. The van der Waals surface area contributed by atoms with Gasteiger partial charge in [0.1, 0.15) is 4.88 Å². The Labute approximate surface area is 130 Å². The molecule has 0 aliphatic carbocycles. The van der Waals surface area contributed by atoms with E-state index in [-0.39, 0.29) is 15.7 Å². The van der Waals surface area contributed by atoms with E-state index in [0.29, 0.717) is 4.47 Å². The van der Waals surface area contributed by atoms with Gasteiger partial charge in [-0.05, 0) is 34.1 Å². The topological polar surface area (TPSA) is 51.2 Å². The van der Waals surface area contributed by atoms with Gasteiger partial charge >= 0.3 is 12.1 Å². The lowest BCUT2D eigenvalue weighted by Gasteiger charge is -2.10. The molecule has 1 aromatic heterocycles. The number of benzene rings is 1. The predicted molar refractivity (Wildman–Crippen MR) is 75.9 cm³/mol. The molecular weight excluding hydrogens is 373 g/mol. The maximum Gasteiger partial charge on any atom is 0.416 e. The average Bonchev–Trinajstić information content (AvgIpc) is 2.87. The number of anilines is 2. The van der Waals surface area contributed by atoms with Crippen LogP contribution in [0, 0.1) is 0 Å². The first-order valence-electron chi connectivity index (χ1n) is 5.49. The van der Waals surface area contributed by atoms with Crippen molar-refractivity contribution in [2.24, 2.45) is 0 Å². The smallest absolute Gasteiger partial charge is 0.416 e. The first kappa shape index (κ1) is 15.8. The second-order valence-corrected chi connectivity index (χ2v) is 5.72. The normalized spacial score (nSPS) is 11.3. The average molecular weight is 381 g/mol. The van der Waals surface area contributed by atoms with E-state index >= 15 is 0 Å². The third-order valence-electron chi connectivity index (χ3n) is 2.43. The summed E-state index contributed by atoms with van der Waals surface area (Å²) in [5, 5.41) is 3.02. The zero-order chi connectivity index (χ0) is 15.6. The van der Waals surface area contributed by atoms with E-state index < -0.39 is 17.7 Å². The minimum Gasteiger partial charge on any atom is -0.465 e. The second kappa shape index (κ2) is 6.02. The fraction of sp³-hybridized carbons (Fsp3) is 0.167. The molecule has 0 bridgehead atoms. The first-order chi connectivity index (χ1) is 9.81. The number of methoxy groups -OCH3 is 1. The van der Waals surface area contributed by atoms with Crippen LogP contribution >= 0.6 is 27.3 Å². The summed E-state index contributed by atoms with van der Waals surface area (Å²) in [6.45, 7) is 0. The Bertz CT molecular complexity index is 673. The van der Waals surface area contributed by atoms with Crippen LogP contribution in [-0.2, 0) is 10.9 Å². The van der Waals surface area contributed by atoms with Gasteiger partial charge in [-0.3, -0.25) is 0 Å². The molecule has 1 N–H and O–H groups in total. The Morgan fingerprint density at radius 2 is 2.14 bits per heavy atom. The van der Waals surface area contributed by atoms with E-state index in [4.69, 9.17) is 0 Å². The van der Waals surface area contributed by atoms with Crippen LogP contribution in [0.2, 0.25) is 0 Å². The minimum atomic E-state index is -4.43. The van der Waals surface area contributed by atoms with Crippen LogP contribution in [0.5, 0.6) is 0 Å². The van der Waals surface area contributed by atoms with Gasteiger partial charge < -0.3 is 10.1 Å². The number of carbonyl (C=O) groups is 1. The Balaban J connectivity index is 2.27. The molecule has 9 heteroatoms. The van der Waals surface area contributed by atoms with Crippen molar-refractivity contribution >= 4 is 44.1 Å². The third kappa shape index (κ3) is 3.73. The molecule has 0 saturated heterocycles. The van der Waals surface area contributed by atoms with Crippen LogP contribution in [-0.4, -0.2) is 18.1 Å². The van der Waals surface area contributed by atoms with E-state index in [1.165, 1.54) is 19.4 Å². The molecule has 0 amide bonds. The van der Waals surface area contributed by atoms with Gasteiger partial charge in [0.2, 0.25) is 0 Å². The highest BCUT2D eigenvalue weighted by Crippen LogP contribution is 2.35. The molecule has 1 heterocycles. The molecule has 0 spiro atoms. The van der Waals surface area contributed by atoms with Crippen molar-refractivity contribution < 1.29 is 22.7 Å². The minimum absolute atomic E-state index is 0.204. The maximum absolute atomic E-state index is 12.7. The molecule has 112 valence electrons. The van der Waals surface area contributed by atoms with Crippen LogP contribution < -0.4 is 5.32 Å². The van der Waals surface area contributed by atoms with Crippen molar-refractivity contribution in [3.63, 3.8) is 0 Å². The zero-order valence-corrected chi connectivity index (χ0v) is 12.9. The van der Waals surface area contributed by atoms with Gasteiger partial charge in [0, 0.05) is 4.47 Å². The first-order valence-corrected chi connectivity index (χ1v) is 7.10. The quantitative estimate of drug-likeness (QED) is 0.798. The summed E-state index contributed by atoms with van der Waals surface area (Å²) >= 11 is 4.14. The van der Waals surface area contributed by atoms with Crippen LogP contribution in [0.15, 0.2) is 28.9 Å². The number of hydrogen-bond donors (Lipinski definition) is 1. The molecule has 0 saturated carbocycles. The second-order valence-electron chi connectivity index (χ2n) is 3.84. The van der Waals surface area contributed by atoms with E-state index in [1.54, 1.807) is 0 Å². The van der Waals surface area contributed by atoms with Gasteiger partial charge in [0.15, 0.2) is 5.13 Å². The van der Waals surface area contributed by atoms with Gasteiger partial charge in [-0.25, -0.2) is 9.78 Å². The predicted octanol–water partition coefficient (Wildman–Crippen LogP) is 4.45. The molecule has 0 aliphatic heterocycles. The van der Waals surface area contributed by atoms with E-state index in [2.05, 4.69) is 31.0 Å². The van der Waals surface area contributed by atoms with Crippen molar-refractivity contribution in [1.29, 1.82) is 0 Å². The summed E-state index contributed by atoms with van der Waals surface area (Å²) < 4.78 is 43.0. The molecule has 21 heavy (non-hydrogen) atoms. The standard InChI is InChI=1S/C12H8BrF3N2O2S/c1-20-10(19)9-5-17-11(21-9)18-8-4-6(12(14,15)16)2-3-7(8)13/h2-5H,1H3,(H,17,18). The lowest BCUT2D eigenvalue weighted by Crippen LogP contribution is -2.05. The zero-order valence-electron chi connectivity index (χ0n) is 10.5. The van der Waals surface area contributed by atoms with Crippen LogP contribution in [0.4, 0.5) is 24.0 Å². The number of halogens is 4. The Morgan fingerprint density at radius 3 is 2.76 bits per heavy atom. The van der Waals surface area contributed by atoms with Crippen molar-refractivity contribution in [3.8, 4) is 0 Å². The van der Waals surface area contributed by atoms with Gasteiger partial charge in [-0.15, -0.1) is 0 Å². The van der Waals surface area contributed by atoms with Crippen molar-refractivity contribution in [2.45, 2.75) is 6.18 Å². The highest BCUT2D eigenvalue weighted by molar-refractivity contribution is 9.10. The van der Waals surface area contributed by atoms with Gasteiger partial charge in [0.25, 0.3) is 0 Å². The molecule has 0 atom stereocenters. The summed E-state index contributed by atoms with van der Waals surface area (Å²) in [7, 11) is 1.23. The van der Waals surface area contributed by atoms with Crippen molar-refractivity contribution in [1.82, 2.24) is 4.98 Å².